The zero-order valence-corrected chi connectivity index (χ0v) is 54.1. The number of hydrogen-bond acceptors (Lipinski definition) is 3. The summed E-state index contributed by atoms with van der Waals surface area (Å²) in [6, 6.07) is 18.6. The van der Waals surface area contributed by atoms with Crippen LogP contribution in [-0.4, -0.2) is 22.2 Å². The first-order valence-corrected chi connectivity index (χ1v) is 32.2. The summed E-state index contributed by atoms with van der Waals surface area (Å²) >= 11 is 0. The van der Waals surface area contributed by atoms with Crippen LogP contribution in [-0.2, 0) is 26.5 Å². The average Bonchev–Trinajstić information content (AvgIpc) is 1.12. The van der Waals surface area contributed by atoms with Crippen molar-refractivity contribution < 1.29 is 71.8 Å². The van der Waals surface area contributed by atoms with Crippen molar-refractivity contribution in [3.63, 3.8) is 0 Å². The van der Waals surface area contributed by atoms with E-state index in [0.717, 1.165) is 27.2 Å². The molecule has 5 heterocycles. The first-order valence-electron chi connectivity index (χ1n) is 43.7. The van der Waals surface area contributed by atoms with Gasteiger partial charge >= 0.3 is 0 Å². The van der Waals surface area contributed by atoms with Crippen LogP contribution in [0.3, 0.4) is 0 Å². The molecule has 0 saturated carbocycles. The van der Waals surface area contributed by atoms with Crippen molar-refractivity contribution in [2.45, 2.75) is 26.2 Å². The third kappa shape index (κ3) is 9.55. The first kappa shape index (κ1) is 36.4. The van der Waals surface area contributed by atoms with E-state index in [1.54, 1.807) is 66.9 Å². The van der Waals surface area contributed by atoms with E-state index in [9.17, 15) is 32.9 Å². The number of furan rings is 1. The second-order valence-corrected chi connectivity index (χ2v) is 27.3. The van der Waals surface area contributed by atoms with Crippen LogP contribution >= 0.6 is 0 Å². The van der Waals surface area contributed by atoms with E-state index < -0.39 is 220 Å². The molecule has 0 radical (unpaired) electrons. The van der Waals surface area contributed by atoms with Crippen LogP contribution in [0, 0.1) is 18.5 Å². The van der Waals surface area contributed by atoms with Gasteiger partial charge in [0.2, 0.25) is 0 Å². The number of pyridine rings is 1. The van der Waals surface area contributed by atoms with Crippen molar-refractivity contribution in [2.24, 2.45) is 0 Å². The molecule has 0 bridgehead atoms. The van der Waals surface area contributed by atoms with Crippen LogP contribution < -0.4 is 30.1 Å². The predicted octanol–water partition coefficient (Wildman–Crippen LogP) is 18.8. The van der Waals surface area contributed by atoms with Gasteiger partial charge in [-0.25, -0.2) is 4.98 Å². The Hall–Kier alpha value is -11.2. The van der Waals surface area contributed by atoms with Gasteiger partial charge in [0.25, 0.3) is 6.33 Å². The number of aromatic nitrogens is 4. The van der Waals surface area contributed by atoms with Gasteiger partial charge in [0.1, 0.15) is 17.0 Å². The molecule has 8 heteroatoms. The molecular weight excluding hydrogens is 1370 g/mol. The maximum atomic E-state index is 11.1. The third-order valence-electron chi connectivity index (χ3n) is 17.4. The molecule has 0 fully saturated rings. The van der Waals surface area contributed by atoms with Crippen LogP contribution in [0.25, 0.3) is 128 Å². The number of benzene rings is 13. The zero-order valence-electron chi connectivity index (χ0n) is 77.8. The molecule has 0 N–H and O–H groups in total. The fourth-order valence-electron chi connectivity index (χ4n) is 13.1. The molecule has 4 aromatic heterocycles. The molecule has 13 aromatic carbocycles. The maximum absolute atomic E-state index is 11.1. The molecule has 0 amide bonds. The molecule has 0 aliphatic carbocycles. The summed E-state index contributed by atoms with van der Waals surface area (Å²) in [5.41, 5.74) is 0.844. The number of nitrogens with zero attached hydrogens (tertiary/aromatic N) is 4. The van der Waals surface area contributed by atoms with Crippen molar-refractivity contribution in [3.8, 4) is 84.3 Å². The van der Waals surface area contributed by atoms with Crippen molar-refractivity contribution in [2.75, 3.05) is 0 Å². The van der Waals surface area contributed by atoms with Crippen LogP contribution in [0.5, 0.6) is 11.5 Å². The number of rotatable bonds is 10. The molecule has 96 heavy (non-hydrogen) atoms. The molecule has 460 valence electrons. The van der Waals surface area contributed by atoms with Gasteiger partial charge in [-0.2, -0.15) is 18.2 Å². The quantitative estimate of drug-likeness (QED) is 0.0593. The van der Waals surface area contributed by atoms with Crippen molar-refractivity contribution in [3.05, 3.63) is 333 Å². The number of imidazole rings is 1. The Bertz CT molecular complexity index is 7350. The Kier molecular flexibility index (Phi) is 8.87. The Morgan fingerprint density at radius 1 is 0.469 bits per heavy atom. The summed E-state index contributed by atoms with van der Waals surface area (Å²) in [4.78, 5) is 4.85. The molecule has 17 aromatic rings. The summed E-state index contributed by atoms with van der Waals surface area (Å²) < 4.78 is 281. The van der Waals surface area contributed by atoms with Crippen LogP contribution in [0.2, 0.25) is 0 Å². The summed E-state index contributed by atoms with van der Waals surface area (Å²) in [6.45, 7) is 6.30. The standard InChI is InChI=1S/C88H60N4O2Si.Pt/c1-88(2,3)61-48-49-89-85(54-61)92-80-42-19-17-38-74(80)75-46-45-64(56-81(75)92)93-63-26-22-25-62(55-63)90-57-91-86-69(59-44-47-84-78(51-59)76-39-18-20-43-83(76)94-84)40-23-41-77(86)72-36-15-13-34-70(72)71-35-14-16-37-73(71)79-52-60(53-82(90)87(79)91)58-24-21-33-68(50-58)95(65-27-7-4-8-28-65,66-29-9-5-10-30-66)67-31-11-6-12-32-67;/h4-54H,1-3H3;/q-2;/i4D,5D,6D,7D,8D,9D,10D,11D,12D,13D,14D,15D,16D,21D,24D,27D,28D,29D,30D,31D,32D,33D,34D,35D,36D,37D,50D;. The van der Waals surface area contributed by atoms with Crippen molar-refractivity contribution in [1.29, 1.82) is 0 Å². The summed E-state index contributed by atoms with van der Waals surface area (Å²) in [5, 5.41) is -1.33. The summed E-state index contributed by atoms with van der Waals surface area (Å²) in [5.74, 6) is 0.847. The van der Waals surface area contributed by atoms with Gasteiger partial charge in [0.15, 0.2) is 8.07 Å². The summed E-state index contributed by atoms with van der Waals surface area (Å²) in [7, 11) is -6.52. The number of fused-ring (bicyclic) bond motifs is 13. The van der Waals surface area contributed by atoms with Gasteiger partial charge in [0.05, 0.1) is 53.7 Å². The smallest absolute Gasteiger partial charge is 0.268 e. The second-order valence-electron chi connectivity index (χ2n) is 23.8. The SMILES string of the molecule is [2H]c1c([2H])c([2H])c([Si](c2c([2H])c([2H])c([2H])c([2H])c2[2H])(c2c([2H])c([2H])c([2H])c([2H])c2[2H])c2c([2H])c([2H])c([2H])c(-c3cc4c5c(c3)n(-c3[c-]c(Oc6[c-]c7c(cc6)c6ccccc6n7-c6cc(C(C)(C)C)ccn6)ccc3)[c-][n+]5-c3c(-c5ccc6oc7ccccc7c6c5)cccc3-c3c([2H])c([2H])c([2H])c([2H])c3-c3c([2H])c([2H])c([2H])c([2H])c3-4)c2[2H])c([2H])c1[2H].[Pt]. The fourth-order valence-corrected chi connectivity index (χ4v) is 16.6. The van der Waals surface area contributed by atoms with Crippen LogP contribution in [0.4, 0.5) is 0 Å². The molecule has 18 rings (SSSR count). The van der Waals surface area contributed by atoms with E-state index in [1.165, 1.54) is 21.3 Å². The predicted molar refractivity (Wildman–Crippen MR) is 390 cm³/mol. The van der Waals surface area contributed by atoms with E-state index in [4.69, 9.17) is 18.3 Å². The number of para-hydroxylation sites is 3. The third-order valence-corrected chi connectivity index (χ3v) is 21.4. The Morgan fingerprint density at radius 3 is 1.80 bits per heavy atom. The molecule has 0 saturated heterocycles. The first-order chi connectivity index (χ1) is 57.9. The summed E-state index contributed by atoms with van der Waals surface area (Å²) in [6.07, 6.45) is 5.28. The van der Waals surface area contributed by atoms with E-state index in [2.05, 4.69) is 39.2 Å². The zero-order chi connectivity index (χ0) is 86.9. The van der Waals surface area contributed by atoms with Crippen molar-refractivity contribution in [1.82, 2.24) is 14.1 Å². The minimum Gasteiger partial charge on any atom is -0.510 e. The Balaban J connectivity index is 0.0000107. The van der Waals surface area contributed by atoms with Gasteiger partial charge in [-0.05, 0) is 141 Å². The van der Waals surface area contributed by atoms with Crippen LogP contribution in [0.1, 0.15) is 63.3 Å². The Labute approximate surface area is 610 Å². The Morgan fingerprint density at radius 2 is 1.08 bits per heavy atom. The van der Waals surface area contributed by atoms with E-state index in [1.807, 2.05) is 71.3 Å². The minimum atomic E-state index is -6.52. The number of ether oxygens (including phenoxy) is 1. The van der Waals surface area contributed by atoms with E-state index in [-0.39, 0.29) is 77.1 Å². The second kappa shape index (κ2) is 23.4. The molecular formula is C88H60N4O2PtSi-2. The normalized spacial score (nSPS) is 16.0. The molecule has 1 aliphatic heterocycles. The monoisotopic (exact) mass is 1450 g/mol. The van der Waals surface area contributed by atoms with Crippen LogP contribution in [0.15, 0.2) is 313 Å². The molecule has 0 unspecified atom stereocenters. The molecule has 0 spiro atoms. The van der Waals surface area contributed by atoms with E-state index >= 15 is 0 Å². The van der Waals surface area contributed by atoms with E-state index in [0.29, 0.717) is 39.0 Å². The van der Waals surface area contributed by atoms with Gasteiger partial charge < -0.3 is 18.3 Å². The molecule has 0 atom stereocenters. The van der Waals surface area contributed by atoms with Gasteiger partial charge in [-0.1, -0.05) is 256 Å². The van der Waals surface area contributed by atoms with Gasteiger partial charge in [-0.15, -0.1) is 29.7 Å². The number of hydrogen-bond donors (Lipinski definition) is 0. The largest absolute Gasteiger partial charge is 0.510 e. The maximum Gasteiger partial charge on any atom is 0.268 e. The topological polar surface area (TPSA) is 49.0 Å². The minimum absolute atomic E-state index is 0. The fraction of sp³-hybridized carbons (Fsp3) is 0.0455. The van der Waals surface area contributed by atoms with Gasteiger partial charge in [0, 0.05) is 55.1 Å². The molecule has 6 nitrogen and oxygen atoms in total. The van der Waals surface area contributed by atoms with Gasteiger partial charge in [-0.3, -0.25) is 4.57 Å². The average molecular weight is 1460 g/mol. The van der Waals surface area contributed by atoms with Crippen molar-refractivity contribution >= 4 is 83.6 Å². The molecule has 1 aliphatic rings.